The molecule has 1 amide bonds. The second-order valence-electron chi connectivity index (χ2n) is 5.29. The molecular weight excluding hydrogens is 240 g/mol. The number of nitrogens with one attached hydrogen (secondary N) is 1. The van der Waals surface area contributed by atoms with Gasteiger partial charge in [0.05, 0.1) is 12.6 Å². The minimum atomic E-state index is -0.305. The minimum absolute atomic E-state index is 0.0791. The third kappa shape index (κ3) is 3.55. The van der Waals surface area contributed by atoms with E-state index < -0.39 is 0 Å². The van der Waals surface area contributed by atoms with Gasteiger partial charge in [0.15, 0.2) is 0 Å². The topological polar surface area (TPSA) is 52.6 Å². The largest absolute Gasteiger partial charge is 0.394 e. The molecule has 2 unspecified atom stereocenters. The van der Waals surface area contributed by atoms with Gasteiger partial charge in [0, 0.05) is 6.54 Å². The lowest BCUT2D eigenvalue weighted by Gasteiger charge is -2.30. The highest BCUT2D eigenvalue weighted by Gasteiger charge is 2.19. The van der Waals surface area contributed by atoms with E-state index in [-0.39, 0.29) is 12.6 Å². The maximum absolute atomic E-state index is 10.5. The van der Waals surface area contributed by atoms with E-state index in [1.807, 2.05) is 12.1 Å². The van der Waals surface area contributed by atoms with Crippen molar-refractivity contribution >= 4 is 6.41 Å². The quantitative estimate of drug-likeness (QED) is 0.786. The summed E-state index contributed by atoms with van der Waals surface area (Å²) in [5.41, 5.74) is 2.29. The SMILES string of the molecule is CN1CCCC(c2ccc(C(CO)NC=O)cc2)C1. The Labute approximate surface area is 114 Å². The molecule has 1 aromatic rings. The lowest BCUT2D eigenvalue weighted by Crippen LogP contribution is -2.30. The van der Waals surface area contributed by atoms with Gasteiger partial charge in [-0.2, -0.15) is 0 Å². The van der Waals surface area contributed by atoms with Crippen molar-refractivity contribution in [3.8, 4) is 0 Å². The molecule has 1 aliphatic heterocycles. The first-order valence-corrected chi connectivity index (χ1v) is 6.83. The van der Waals surface area contributed by atoms with Crippen molar-refractivity contribution in [3.63, 3.8) is 0 Å². The Balaban J connectivity index is 2.06. The molecular formula is C15H22N2O2. The Hall–Kier alpha value is -1.39. The molecule has 4 heteroatoms. The molecule has 0 aliphatic carbocycles. The summed E-state index contributed by atoms with van der Waals surface area (Å²) in [6.45, 7) is 2.21. The first-order valence-electron chi connectivity index (χ1n) is 6.83. The van der Waals surface area contributed by atoms with Crippen LogP contribution in [0.15, 0.2) is 24.3 Å². The molecule has 1 aromatic carbocycles. The van der Waals surface area contributed by atoms with Crippen LogP contribution in [0.3, 0.4) is 0 Å². The van der Waals surface area contributed by atoms with Crippen LogP contribution in [0.25, 0.3) is 0 Å². The average molecular weight is 262 g/mol. The number of aliphatic hydroxyl groups excluding tert-OH is 1. The number of hydrogen-bond acceptors (Lipinski definition) is 3. The van der Waals surface area contributed by atoms with Crippen molar-refractivity contribution in [1.29, 1.82) is 0 Å². The Bertz CT molecular complexity index is 405. The molecule has 0 bridgehead atoms. The molecule has 1 heterocycles. The maximum Gasteiger partial charge on any atom is 0.207 e. The van der Waals surface area contributed by atoms with Gasteiger partial charge in [0.2, 0.25) is 6.41 Å². The van der Waals surface area contributed by atoms with Crippen LogP contribution in [0.1, 0.15) is 35.9 Å². The van der Waals surface area contributed by atoms with Crippen LogP contribution in [-0.2, 0) is 4.79 Å². The molecule has 2 atom stereocenters. The van der Waals surface area contributed by atoms with E-state index in [9.17, 15) is 9.90 Å². The molecule has 2 N–H and O–H groups in total. The van der Waals surface area contributed by atoms with Crippen molar-refractivity contribution in [3.05, 3.63) is 35.4 Å². The smallest absolute Gasteiger partial charge is 0.207 e. The predicted octanol–water partition coefficient (Wildman–Crippen LogP) is 1.28. The molecule has 0 saturated carbocycles. The number of carbonyl (C=O) groups excluding carboxylic acids is 1. The Morgan fingerprint density at radius 1 is 1.47 bits per heavy atom. The van der Waals surface area contributed by atoms with E-state index in [0.29, 0.717) is 12.3 Å². The summed E-state index contributed by atoms with van der Waals surface area (Å²) in [7, 11) is 2.16. The van der Waals surface area contributed by atoms with E-state index >= 15 is 0 Å². The van der Waals surface area contributed by atoms with Gasteiger partial charge >= 0.3 is 0 Å². The first-order chi connectivity index (χ1) is 9.24. The van der Waals surface area contributed by atoms with E-state index in [4.69, 9.17) is 0 Å². The van der Waals surface area contributed by atoms with E-state index in [1.54, 1.807) is 0 Å². The zero-order chi connectivity index (χ0) is 13.7. The normalized spacial score (nSPS) is 21.9. The number of piperidine rings is 1. The molecule has 4 nitrogen and oxygen atoms in total. The maximum atomic E-state index is 10.5. The number of nitrogens with zero attached hydrogens (tertiary/aromatic N) is 1. The fourth-order valence-corrected chi connectivity index (χ4v) is 2.78. The second-order valence-corrected chi connectivity index (χ2v) is 5.29. The van der Waals surface area contributed by atoms with Gasteiger partial charge in [-0.3, -0.25) is 4.79 Å². The molecule has 0 spiro atoms. The average Bonchev–Trinajstić information content (AvgIpc) is 2.45. The standard InChI is InChI=1S/C15H22N2O2/c1-17-8-2-3-14(9-17)12-4-6-13(7-5-12)15(10-18)16-11-19/h4-7,11,14-15,18H,2-3,8-10H2,1H3,(H,16,19). The van der Waals surface area contributed by atoms with Crippen molar-refractivity contribution < 1.29 is 9.90 Å². The Kier molecular flexibility index (Phi) is 4.93. The fraction of sp³-hybridized carbons (Fsp3) is 0.533. The summed E-state index contributed by atoms with van der Waals surface area (Å²) in [4.78, 5) is 12.8. The van der Waals surface area contributed by atoms with Gasteiger partial charge < -0.3 is 15.3 Å². The van der Waals surface area contributed by atoms with E-state index in [2.05, 4.69) is 29.4 Å². The number of rotatable bonds is 5. The van der Waals surface area contributed by atoms with Gasteiger partial charge in [-0.05, 0) is 43.5 Å². The highest BCUT2D eigenvalue weighted by Crippen LogP contribution is 2.27. The molecule has 2 rings (SSSR count). The summed E-state index contributed by atoms with van der Waals surface area (Å²) < 4.78 is 0. The highest BCUT2D eigenvalue weighted by molar-refractivity contribution is 5.48. The van der Waals surface area contributed by atoms with Crippen LogP contribution in [0, 0.1) is 0 Å². The van der Waals surface area contributed by atoms with Gasteiger partial charge in [0.1, 0.15) is 0 Å². The number of likely N-dealkylation sites (N-methyl/N-ethyl adjacent to an activating group) is 1. The van der Waals surface area contributed by atoms with Gasteiger partial charge in [-0.1, -0.05) is 24.3 Å². The lowest BCUT2D eigenvalue weighted by atomic mass is 9.90. The molecule has 19 heavy (non-hydrogen) atoms. The monoisotopic (exact) mass is 262 g/mol. The summed E-state index contributed by atoms with van der Waals surface area (Å²) in [6, 6.07) is 7.94. The van der Waals surface area contributed by atoms with Crippen LogP contribution in [0.5, 0.6) is 0 Å². The number of benzene rings is 1. The summed E-state index contributed by atoms with van der Waals surface area (Å²) in [6.07, 6.45) is 3.11. The summed E-state index contributed by atoms with van der Waals surface area (Å²) in [5.74, 6) is 0.597. The number of aliphatic hydroxyl groups is 1. The highest BCUT2D eigenvalue weighted by atomic mass is 16.3. The van der Waals surface area contributed by atoms with Crippen LogP contribution in [-0.4, -0.2) is 43.2 Å². The molecule has 0 aromatic heterocycles. The van der Waals surface area contributed by atoms with Crippen LogP contribution in [0.2, 0.25) is 0 Å². The summed E-state index contributed by atoms with van der Waals surface area (Å²) >= 11 is 0. The molecule has 104 valence electrons. The van der Waals surface area contributed by atoms with E-state index in [0.717, 1.165) is 12.1 Å². The van der Waals surface area contributed by atoms with Crippen LogP contribution < -0.4 is 5.32 Å². The minimum Gasteiger partial charge on any atom is -0.394 e. The van der Waals surface area contributed by atoms with Crippen molar-refractivity contribution in [2.75, 3.05) is 26.7 Å². The third-order valence-electron chi connectivity index (χ3n) is 3.89. The Morgan fingerprint density at radius 2 is 2.21 bits per heavy atom. The van der Waals surface area contributed by atoms with Crippen LogP contribution >= 0.6 is 0 Å². The summed E-state index contributed by atoms with van der Waals surface area (Å²) in [5, 5.41) is 11.9. The number of amides is 1. The van der Waals surface area contributed by atoms with Crippen molar-refractivity contribution in [2.24, 2.45) is 0 Å². The zero-order valence-electron chi connectivity index (χ0n) is 11.4. The molecule has 1 fully saturated rings. The van der Waals surface area contributed by atoms with Crippen molar-refractivity contribution in [1.82, 2.24) is 10.2 Å². The van der Waals surface area contributed by atoms with Crippen molar-refractivity contribution in [2.45, 2.75) is 24.8 Å². The van der Waals surface area contributed by atoms with E-state index in [1.165, 1.54) is 24.9 Å². The van der Waals surface area contributed by atoms with Gasteiger partial charge in [0.25, 0.3) is 0 Å². The lowest BCUT2D eigenvalue weighted by molar-refractivity contribution is -0.110. The number of hydrogen-bond donors (Lipinski definition) is 2. The molecule has 0 radical (unpaired) electrons. The fourth-order valence-electron chi connectivity index (χ4n) is 2.78. The predicted molar refractivity (Wildman–Crippen MR) is 74.9 cm³/mol. The van der Waals surface area contributed by atoms with Crippen LogP contribution in [0.4, 0.5) is 0 Å². The third-order valence-corrected chi connectivity index (χ3v) is 3.89. The molecule has 1 saturated heterocycles. The number of likely N-dealkylation sites (tertiary alicyclic amines) is 1. The molecule has 1 aliphatic rings. The Morgan fingerprint density at radius 3 is 2.79 bits per heavy atom. The first kappa shape index (κ1) is 14.0. The van der Waals surface area contributed by atoms with Gasteiger partial charge in [-0.15, -0.1) is 0 Å². The zero-order valence-corrected chi connectivity index (χ0v) is 11.4. The number of carbonyl (C=O) groups is 1. The second kappa shape index (κ2) is 6.68. The van der Waals surface area contributed by atoms with Gasteiger partial charge in [-0.25, -0.2) is 0 Å².